The van der Waals surface area contributed by atoms with Gasteiger partial charge in [-0.05, 0) is 13.8 Å². The van der Waals surface area contributed by atoms with Crippen molar-refractivity contribution < 1.29 is 9.59 Å². The number of thioether (sulfide) groups is 1. The molecule has 0 aromatic rings. The van der Waals surface area contributed by atoms with Crippen molar-refractivity contribution in [2.45, 2.75) is 25.9 Å². The Kier molecular flexibility index (Phi) is 4.11. The molecule has 2 fully saturated rings. The quantitative estimate of drug-likeness (QED) is 0.576. The molecule has 0 N–H and O–H groups in total. The molecule has 2 saturated heterocycles. The Morgan fingerprint density at radius 2 is 1.78 bits per heavy atom. The summed E-state index contributed by atoms with van der Waals surface area (Å²) in [4.78, 5) is 27.7. The molecule has 0 aliphatic carbocycles. The summed E-state index contributed by atoms with van der Waals surface area (Å²) < 4.78 is 0. The van der Waals surface area contributed by atoms with Gasteiger partial charge in [0, 0.05) is 18.8 Å². The summed E-state index contributed by atoms with van der Waals surface area (Å²) in [6.07, 6.45) is 7.72. The molecule has 2 aliphatic heterocycles. The summed E-state index contributed by atoms with van der Waals surface area (Å²) >= 11 is 1.34. The van der Waals surface area contributed by atoms with Crippen LogP contribution in [0.15, 0.2) is 24.3 Å². The van der Waals surface area contributed by atoms with Gasteiger partial charge in [-0.3, -0.25) is 4.79 Å². The highest BCUT2D eigenvalue weighted by molar-refractivity contribution is 8.14. The summed E-state index contributed by atoms with van der Waals surface area (Å²) in [7, 11) is 0. The molecule has 0 bridgehead atoms. The van der Waals surface area contributed by atoms with Crippen LogP contribution >= 0.6 is 11.8 Å². The molecule has 98 valence electrons. The number of nitrogens with zero attached hydrogens (tertiary/aromatic N) is 2. The third-order valence-corrected chi connectivity index (χ3v) is 4.34. The van der Waals surface area contributed by atoms with Gasteiger partial charge in [0.1, 0.15) is 6.04 Å². The summed E-state index contributed by atoms with van der Waals surface area (Å²) in [6.45, 7) is 4.97. The van der Waals surface area contributed by atoms with Crippen molar-refractivity contribution in [1.29, 1.82) is 0 Å². The molecule has 4 nitrogen and oxygen atoms in total. The van der Waals surface area contributed by atoms with E-state index in [1.165, 1.54) is 11.8 Å². The zero-order valence-corrected chi connectivity index (χ0v) is 11.5. The largest absolute Gasteiger partial charge is 0.321 e. The summed E-state index contributed by atoms with van der Waals surface area (Å²) in [6, 6.07) is -0.240. The Morgan fingerprint density at radius 1 is 1.17 bits per heavy atom. The Morgan fingerprint density at radius 3 is 2.39 bits per heavy atom. The lowest BCUT2D eigenvalue weighted by Gasteiger charge is -2.19. The van der Waals surface area contributed by atoms with Crippen LogP contribution < -0.4 is 0 Å². The molecule has 2 atom stereocenters. The lowest BCUT2D eigenvalue weighted by Crippen LogP contribution is -2.38. The molecule has 2 rings (SSSR count). The zero-order chi connectivity index (χ0) is 13.1. The fourth-order valence-electron chi connectivity index (χ4n) is 2.37. The van der Waals surface area contributed by atoms with E-state index in [0.717, 1.165) is 5.75 Å². The topological polar surface area (TPSA) is 40.6 Å². The monoisotopic (exact) mass is 266 g/mol. The third-order valence-electron chi connectivity index (χ3n) is 3.31. The molecule has 0 spiro atoms. The highest BCUT2D eigenvalue weighted by atomic mass is 32.2. The molecule has 0 aromatic heterocycles. The van der Waals surface area contributed by atoms with Crippen molar-refractivity contribution in [3.05, 3.63) is 24.3 Å². The summed E-state index contributed by atoms with van der Waals surface area (Å²) in [5, 5.41) is 0.126. The number of carbonyl (C=O) groups excluding carboxylic acids is 2. The number of carbonyl (C=O) groups is 2. The van der Waals surface area contributed by atoms with Gasteiger partial charge < -0.3 is 9.80 Å². The standard InChI is InChI=1S/C13H18N2O2S/c1-3-5-7-14-10-9-18-12(16)11(10)15(13(14)17)8-6-4-2/h3-6,10-11H,7-9H2,1-2H3. The van der Waals surface area contributed by atoms with E-state index in [1.807, 2.05) is 43.1 Å². The van der Waals surface area contributed by atoms with Gasteiger partial charge in [0.15, 0.2) is 0 Å². The van der Waals surface area contributed by atoms with Gasteiger partial charge in [0.25, 0.3) is 0 Å². The van der Waals surface area contributed by atoms with Crippen molar-refractivity contribution in [1.82, 2.24) is 9.80 Å². The molecule has 2 amide bonds. The lowest BCUT2D eigenvalue weighted by molar-refractivity contribution is -0.114. The van der Waals surface area contributed by atoms with Gasteiger partial charge in [-0.25, -0.2) is 4.79 Å². The van der Waals surface area contributed by atoms with Crippen LogP contribution in [-0.4, -0.2) is 51.9 Å². The Bertz CT molecular complexity index is 406. The highest BCUT2D eigenvalue weighted by Gasteiger charge is 2.52. The van der Waals surface area contributed by atoms with E-state index < -0.39 is 0 Å². The second-order valence-electron chi connectivity index (χ2n) is 4.37. The number of hydrogen-bond acceptors (Lipinski definition) is 3. The minimum Gasteiger partial charge on any atom is -0.314 e. The number of rotatable bonds is 4. The predicted molar refractivity (Wildman–Crippen MR) is 73.5 cm³/mol. The first-order valence-electron chi connectivity index (χ1n) is 6.17. The minimum absolute atomic E-state index is 0.0187. The first-order valence-corrected chi connectivity index (χ1v) is 7.15. The molecule has 5 heteroatoms. The van der Waals surface area contributed by atoms with Gasteiger partial charge in [0.05, 0.1) is 6.04 Å². The van der Waals surface area contributed by atoms with Gasteiger partial charge in [-0.1, -0.05) is 36.1 Å². The molecule has 18 heavy (non-hydrogen) atoms. The maximum atomic E-state index is 12.3. The van der Waals surface area contributed by atoms with Crippen molar-refractivity contribution >= 4 is 22.9 Å². The molecule has 2 aliphatic rings. The zero-order valence-electron chi connectivity index (χ0n) is 10.7. The molecule has 2 unspecified atom stereocenters. The molecular weight excluding hydrogens is 248 g/mol. The first-order chi connectivity index (χ1) is 8.70. The van der Waals surface area contributed by atoms with Crippen LogP contribution in [0.2, 0.25) is 0 Å². The molecule has 0 aromatic carbocycles. The Hall–Kier alpha value is -1.23. The van der Waals surface area contributed by atoms with Crippen LogP contribution in [0.1, 0.15) is 13.8 Å². The number of hydrogen-bond donors (Lipinski definition) is 0. The second-order valence-corrected chi connectivity index (χ2v) is 5.39. The molecular formula is C13H18N2O2S. The second kappa shape index (κ2) is 5.61. The Balaban J connectivity index is 2.20. The van der Waals surface area contributed by atoms with E-state index in [2.05, 4.69) is 0 Å². The van der Waals surface area contributed by atoms with E-state index in [9.17, 15) is 9.59 Å². The molecule has 0 saturated carbocycles. The van der Waals surface area contributed by atoms with Gasteiger partial charge in [0.2, 0.25) is 5.12 Å². The van der Waals surface area contributed by atoms with Gasteiger partial charge in [-0.15, -0.1) is 0 Å². The Labute approximate surface area is 112 Å². The maximum Gasteiger partial charge on any atom is 0.321 e. The predicted octanol–water partition coefficient (Wildman–Crippen LogP) is 1.89. The van der Waals surface area contributed by atoms with Crippen LogP contribution in [0, 0.1) is 0 Å². The van der Waals surface area contributed by atoms with E-state index in [-0.39, 0.29) is 23.2 Å². The minimum atomic E-state index is -0.260. The van der Waals surface area contributed by atoms with Crippen LogP contribution in [-0.2, 0) is 4.79 Å². The van der Waals surface area contributed by atoms with Crippen LogP contribution in [0.3, 0.4) is 0 Å². The van der Waals surface area contributed by atoms with Crippen LogP contribution in [0.25, 0.3) is 0 Å². The summed E-state index contributed by atoms with van der Waals surface area (Å²) in [5.41, 5.74) is 0. The van der Waals surface area contributed by atoms with E-state index in [4.69, 9.17) is 0 Å². The van der Waals surface area contributed by atoms with Crippen molar-refractivity contribution in [2.75, 3.05) is 18.8 Å². The van der Waals surface area contributed by atoms with Crippen LogP contribution in [0.4, 0.5) is 4.79 Å². The average molecular weight is 266 g/mol. The maximum absolute atomic E-state index is 12.3. The average Bonchev–Trinajstić information content (AvgIpc) is 2.85. The fourth-order valence-corrected chi connectivity index (χ4v) is 3.52. The molecule has 0 radical (unpaired) electrons. The highest BCUT2D eigenvalue weighted by Crippen LogP contribution is 2.34. The fraction of sp³-hybridized carbons (Fsp3) is 0.538. The van der Waals surface area contributed by atoms with Crippen molar-refractivity contribution in [3.63, 3.8) is 0 Å². The number of urea groups is 1. The van der Waals surface area contributed by atoms with E-state index in [0.29, 0.717) is 13.1 Å². The van der Waals surface area contributed by atoms with E-state index in [1.54, 1.807) is 4.90 Å². The SMILES string of the molecule is CC=CCN1C(=O)N(CC=CC)C2C(=O)SCC21. The van der Waals surface area contributed by atoms with Crippen LogP contribution in [0.5, 0.6) is 0 Å². The van der Waals surface area contributed by atoms with E-state index >= 15 is 0 Å². The smallest absolute Gasteiger partial charge is 0.314 e. The van der Waals surface area contributed by atoms with Gasteiger partial charge in [-0.2, -0.15) is 0 Å². The third kappa shape index (κ3) is 2.19. The lowest BCUT2D eigenvalue weighted by atomic mass is 10.1. The number of allylic oxidation sites excluding steroid dienone is 2. The van der Waals surface area contributed by atoms with Crippen molar-refractivity contribution in [3.8, 4) is 0 Å². The number of fused-ring (bicyclic) bond motifs is 1. The van der Waals surface area contributed by atoms with Crippen molar-refractivity contribution in [2.24, 2.45) is 0 Å². The summed E-state index contributed by atoms with van der Waals surface area (Å²) in [5.74, 6) is 0.721. The normalized spacial score (nSPS) is 28.1. The number of amides is 2. The first kappa shape index (κ1) is 13.2. The molecule has 2 heterocycles. The van der Waals surface area contributed by atoms with Gasteiger partial charge >= 0.3 is 6.03 Å².